The number of carbonyl (C=O) groups excluding carboxylic acids is 3. The first-order valence-corrected chi connectivity index (χ1v) is 12.4. The van der Waals surface area contributed by atoms with Crippen molar-refractivity contribution in [3.05, 3.63) is 78.0 Å². The topological polar surface area (TPSA) is 128 Å². The molecule has 0 atom stereocenters. The first-order valence-electron chi connectivity index (χ1n) is 12.4. The SMILES string of the molecule is CC1(NC(=O)C2=CCCC=C2CC(=O)NC2CN(C#N)C2)CC1.NC=C=O.c1ccc2ccccc2c1. The Morgan fingerprint density at radius 2 is 1.62 bits per heavy atom. The van der Waals surface area contributed by atoms with Gasteiger partial charge >= 0.3 is 0 Å². The van der Waals surface area contributed by atoms with Crippen molar-refractivity contribution in [1.82, 2.24) is 15.5 Å². The number of fused-ring (bicyclic) bond motifs is 1. The summed E-state index contributed by atoms with van der Waals surface area (Å²) in [6.45, 7) is 3.19. The van der Waals surface area contributed by atoms with Crippen LogP contribution >= 0.6 is 0 Å². The average molecular weight is 500 g/mol. The van der Waals surface area contributed by atoms with Gasteiger partial charge < -0.3 is 21.3 Å². The number of nitrogens with one attached hydrogen (secondary N) is 2. The number of amides is 2. The van der Waals surface area contributed by atoms with Crippen LogP contribution in [0.5, 0.6) is 0 Å². The van der Waals surface area contributed by atoms with Crippen LogP contribution in [0.25, 0.3) is 10.8 Å². The van der Waals surface area contributed by atoms with E-state index in [1.807, 2.05) is 25.3 Å². The van der Waals surface area contributed by atoms with Crippen LogP contribution in [0.4, 0.5) is 0 Å². The zero-order valence-electron chi connectivity index (χ0n) is 21.1. The molecule has 1 aliphatic heterocycles. The molecule has 0 aromatic heterocycles. The molecule has 8 nitrogen and oxygen atoms in total. The van der Waals surface area contributed by atoms with Crippen LogP contribution in [0.3, 0.4) is 0 Å². The summed E-state index contributed by atoms with van der Waals surface area (Å²) in [5, 5.41) is 17.3. The maximum Gasteiger partial charge on any atom is 0.251 e. The van der Waals surface area contributed by atoms with E-state index in [9.17, 15) is 9.59 Å². The summed E-state index contributed by atoms with van der Waals surface area (Å²) in [5.41, 5.74) is 5.88. The largest absolute Gasteiger partial charge is 0.396 e. The van der Waals surface area contributed by atoms with Crippen LogP contribution in [0.15, 0.2) is 78.0 Å². The molecule has 4 N–H and O–H groups in total. The number of carbonyl (C=O) groups is 2. The second-order valence-electron chi connectivity index (χ2n) is 9.52. The third kappa shape index (κ3) is 8.38. The summed E-state index contributed by atoms with van der Waals surface area (Å²) in [6, 6.07) is 16.8. The highest BCUT2D eigenvalue weighted by atomic mass is 16.2. The highest BCUT2D eigenvalue weighted by Gasteiger charge is 2.39. The van der Waals surface area contributed by atoms with Gasteiger partial charge in [-0.3, -0.25) is 9.59 Å². The molecule has 2 aromatic carbocycles. The zero-order valence-corrected chi connectivity index (χ0v) is 21.1. The lowest BCUT2D eigenvalue weighted by molar-refractivity contribution is -0.121. The standard InChI is InChI=1S/C17H22N4O2.C10H8.C2H3NO/c1-17(6-7-17)20-16(23)14-5-3-2-4-12(14)8-15(22)19-13-9-21(10-13)11-18;1-2-6-10-8-4-3-7-9(10)5-1;3-1-2-4/h4-5,13H,2-3,6-10H2,1H3,(H,19,22)(H,20,23);1-8H;1H,3H2. The number of nitrogens with two attached hydrogens (primary N) is 1. The molecule has 1 saturated heterocycles. The average Bonchev–Trinajstić information content (AvgIpc) is 3.63. The maximum absolute atomic E-state index is 12.4. The van der Waals surface area contributed by atoms with Gasteiger partial charge in [-0.15, -0.1) is 0 Å². The number of rotatable bonds is 5. The van der Waals surface area contributed by atoms with Crippen molar-refractivity contribution in [3.63, 3.8) is 0 Å². The number of benzene rings is 2. The third-order valence-corrected chi connectivity index (χ3v) is 6.38. The second kappa shape index (κ2) is 13.1. The fourth-order valence-electron chi connectivity index (χ4n) is 4.02. The zero-order chi connectivity index (χ0) is 26.7. The Morgan fingerprint density at radius 1 is 1.08 bits per heavy atom. The molecule has 1 saturated carbocycles. The van der Waals surface area contributed by atoms with Gasteiger partial charge in [-0.05, 0) is 49.0 Å². The van der Waals surface area contributed by atoms with E-state index in [1.165, 1.54) is 16.7 Å². The Balaban J connectivity index is 0.000000223. The van der Waals surface area contributed by atoms with Crippen molar-refractivity contribution >= 4 is 28.5 Å². The second-order valence-corrected chi connectivity index (χ2v) is 9.52. The number of hydrogen-bond acceptors (Lipinski definition) is 6. The lowest BCUT2D eigenvalue weighted by Gasteiger charge is -2.35. The molecule has 5 rings (SSSR count). The summed E-state index contributed by atoms with van der Waals surface area (Å²) in [7, 11) is 0. The number of likely N-dealkylation sites (tertiary alicyclic amines) is 1. The fourth-order valence-corrected chi connectivity index (χ4v) is 4.02. The van der Waals surface area contributed by atoms with Crippen molar-refractivity contribution < 1.29 is 14.4 Å². The van der Waals surface area contributed by atoms with Crippen LogP contribution in [0, 0.1) is 11.5 Å². The smallest absolute Gasteiger partial charge is 0.251 e. The Bertz CT molecular complexity index is 1190. The van der Waals surface area contributed by atoms with Gasteiger partial charge in [-0.1, -0.05) is 60.7 Å². The molecule has 0 spiro atoms. The first-order chi connectivity index (χ1) is 17.9. The van der Waals surface area contributed by atoms with Crippen LogP contribution in [-0.2, 0) is 14.4 Å². The molecule has 0 unspecified atom stereocenters. The van der Waals surface area contributed by atoms with Gasteiger partial charge in [-0.25, -0.2) is 4.79 Å². The third-order valence-electron chi connectivity index (χ3n) is 6.38. The summed E-state index contributed by atoms with van der Waals surface area (Å²) in [5.74, 6) is 1.18. The predicted octanol–water partition coefficient (Wildman–Crippen LogP) is 3.10. The Morgan fingerprint density at radius 3 is 2.11 bits per heavy atom. The minimum Gasteiger partial charge on any atom is -0.396 e. The summed E-state index contributed by atoms with van der Waals surface area (Å²) >= 11 is 0. The van der Waals surface area contributed by atoms with E-state index in [4.69, 9.17) is 10.1 Å². The van der Waals surface area contributed by atoms with E-state index >= 15 is 0 Å². The van der Waals surface area contributed by atoms with Crippen molar-refractivity contribution in [2.45, 2.75) is 50.6 Å². The highest BCUT2D eigenvalue weighted by Crippen LogP contribution is 2.35. The normalized spacial score (nSPS) is 16.9. The summed E-state index contributed by atoms with van der Waals surface area (Å²) < 4.78 is 0. The van der Waals surface area contributed by atoms with E-state index in [0.717, 1.165) is 37.5 Å². The summed E-state index contributed by atoms with van der Waals surface area (Å²) in [6.07, 6.45) is 10.7. The van der Waals surface area contributed by atoms with Crippen molar-refractivity contribution in [1.29, 1.82) is 5.26 Å². The molecule has 2 aliphatic carbocycles. The minimum atomic E-state index is -0.0860. The van der Waals surface area contributed by atoms with Crippen molar-refractivity contribution in [2.24, 2.45) is 5.73 Å². The molecular formula is C29H33N5O3. The lowest BCUT2D eigenvalue weighted by atomic mass is 9.93. The van der Waals surface area contributed by atoms with Gasteiger partial charge in [-0.2, -0.15) is 5.26 Å². The molecule has 2 fully saturated rings. The molecule has 2 amide bonds. The molecule has 0 radical (unpaired) electrons. The predicted molar refractivity (Wildman–Crippen MR) is 143 cm³/mol. The molecule has 192 valence electrons. The number of hydrogen-bond donors (Lipinski definition) is 3. The number of nitriles is 1. The van der Waals surface area contributed by atoms with Crippen molar-refractivity contribution in [2.75, 3.05) is 13.1 Å². The Kier molecular flexibility index (Phi) is 9.65. The quantitative estimate of drug-likeness (QED) is 0.428. The molecular weight excluding hydrogens is 466 g/mol. The van der Waals surface area contributed by atoms with Crippen LogP contribution in [-0.4, -0.2) is 47.3 Å². The molecule has 8 heteroatoms. The first kappa shape index (κ1) is 27.3. The molecule has 0 bridgehead atoms. The minimum absolute atomic E-state index is 0.0398. The van der Waals surface area contributed by atoms with Gasteiger partial charge in [0.1, 0.15) is 5.94 Å². The monoisotopic (exact) mass is 499 g/mol. The molecule has 37 heavy (non-hydrogen) atoms. The van der Waals surface area contributed by atoms with Gasteiger partial charge in [0, 0.05) is 11.1 Å². The Hall–Kier alpha value is -4.34. The lowest BCUT2D eigenvalue weighted by Crippen LogP contribution is -2.57. The van der Waals surface area contributed by atoms with Gasteiger partial charge in [0.2, 0.25) is 5.91 Å². The van der Waals surface area contributed by atoms with Gasteiger partial charge in [0.25, 0.3) is 5.91 Å². The molecule has 3 aliphatic rings. The van der Waals surface area contributed by atoms with Crippen LogP contribution in [0.1, 0.15) is 39.0 Å². The van der Waals surface area contributed by atoms with Gasteiger partial charge in [0.05, 0.1) is 31.8 Å². The van der Waals surface area contributed by atoms with Crippen LogP contribution < -0.4 is 16.4 Å². The number of nitrogens with zero attached hydrogens (tertiary/aromatic N) is 2. The van der Waals surface area contributed by atoms with Crippen LogP contribution in [0.2, 0.25) is 0 Å². The molecule has 1 heterocycles. The number of allylic oxidation sites excluding steroid dienone is 2. The molecule has 2 aromatic rings. The Labute approximate surface area is 217 Å². The van der Waals surface area contributed by atoms with E-state index in [-0.39, 0.29) is 29.8 Å². The van der Waals surface area contributed by atoms with E-state index in [1.54, 1.807) is 4.90 Å². The fraction of sp³-hybridized carbons (Fsp3) is 0.345. The van der Waals surface area contributed by atoms with Crippen molar-refractivity contribution in [3.8, 4) is 6.19 Å². The summed E-state index contributed by atoms with van der Waals surface area (Å²) in [4.78, 5) is 35.1. The highest BCUT2D eigenvalue weighted by molar-refractivity contribution is 6.00. The van der Waals surface area contributed by atoms with Gasteiger partial charge in [0.15, 0.2) is 6.19 Å². The van der Waals surface area contributed by atoms with E-state index in [0.29, 0.717) is 18.7 Å². The van der Waals surface area contributed by atoms with E-state index < -0.39 is 0 Å². The van der Waals surface area contributed by atoms with E-state index in [2.05, 4.69) is 64.9 Å². The maximum atomic E-state index is 12.4.